The van der Waals surface area contributed by atoms with Gasteiger partial charge in [-0.15, -0.1) is 11.3 Å². The highest BCUT2D eigenvalue weighted by Gasteiger charge is 2.10. The molecule has 0 amide bonds. The topological polar surface area (TPSA) is 37.8 Å². The quantitative estimate of drug-likeness (QED) is 0.757. The number of nitrogens with zero attached hydrogens (tertiary/aromatic N) is 2. The second kappa shape index (κ2) is 4.86. The van der Waals surface area contributed by atoms with E-state index in [1.807, 2.05) is 11.4 Å². The Morgan fingerprint density at radius 3 is 2.79 bits per heavy atom. The van der Waals surface area contributed by atoms with Gasteiger partial charge in [0, 0.05) is 29.4 Å². The van der Waals surface area contributed by atoms with Gasteiger partial charge in [0.05, 0.1) is 9.30 Å². The summed E-state index contributed by atoms with van der Waals surface area (Å²) in [6.45, 7) is 0. The fraction of sp³-hybridized carbons (Fsp3) is 0.0769. The van der Waals surface area contributed by atoms with Crippen LogP contribution in [0.3, 0.4) is 0 Å². The molecule has 96 valence electrons. The summed E-state index contributed by atoms with van der Waals surface area (Å²) in [7, 11) is 1.79. The van der Waals surface area contributed by atoms with Crippen molar-refractivity contribution >= 4 is 44.0 Å². The van der Waals surface area contributed by atoms with E-state index in [9.17, 15) is 4.39 Å². The Kier molecular flexibility index (Phi) is 3.20. The normalized spacial score (nSPS) is 10.9. The van der Waals surface area contributed by atoms with E-state index >= 15 is 0 Å². The highest BCUT2D eigenvalue weighted by Crippen LogP contribution is 2.30. The molecule has 6 heteroatoms. The molecule has 2 aromatic heterocycles. The first-order chi connectivity index (χ1) is 9.17. The van der Waals surface area contributed by atoms with Crippen molar-refractivity contribution in [2.45, 2.75) is 0 Å². The monoisotopic (exact) mass is 337 g/mol. The SMILES string of the molecule is CNc1nc(-c2csc(Br)c2)nc2cc(F)ccc12. The summed E-state index contributed by atoms with van der Waals surface area (Å²) in [5.74, 6) is 0.984. The van der Waals surface area contributed by atoms with Gasteiger partial charge in [0.2, 0.25) is 0 Å². The van der Waals surface area contributed by atoms with Crippen LogP contribution in [0, 0.1) is 5.82 Å². The van der Waals surface area contributed by atoms with Crippen molar-refractivity contribution in [3.63, 3.8) is 0 Å². The molecule has 19 heavy (non-hydrogen) atoms. The van der Waals surface area contributed by atoms with Crippen LogP contribution < -0.4 is 5.32 Å². The number of halogens is 2. The van der Waals surface area contributed by atoms with Crippen molar-refractivity contribution < 1.29 is 4.39 Å². The first-order valence-electron chi connectivity index (χ1n) is 5.57. The van der Waals surface area contributed by atoms with Crippen molar-refractivity contribution in [2.24, 2.45) is 0 Å². The summed E-state index contributed by atoms with van der Waals surface area (Å²) in [5, 5.41) is 5.79. The van der Waals surface area contributed by atoms with Crippen LogP contribution in [0.4, 0.5) is 10.2 Å². The zero-order chi connectivity index (χ0) is 13.4. The zero-order valence-electron chi connectivity index (χ0n) is 9.95. The van der Waals surface area contributed by atoms with Crippen LogP contribution in [-0.2, 0) is 0 Å². The Labute approximate surface area is 121 Å². The molecule has 2 heterocycles. The summed E-state index contributed by atoms with van der Waals surface area (Å²) in [5.41, 5.74) is 1.51. The second-order valence-electron chi connectivity index (χ2n) is 3.95. The summed E-state index contributed by atoms with van der Waals surface area (Å²) in [6.07, 6.45) is 0. The average Bonchev–Trinajstić information content (AvgIpc) is 2.83. The number of nitrogens with one attached hydrogen (secondary N) is 1. The molecule has 0 unspecified atom stereocenters. The lowest BCUT2D eigenvalue weighted by Gasteiger charge is -2.07. The first kappa shape index (κ1) is 12.5. The number of hydrogen-bond acceptors (Lipinski definition) is 4. The standard InChI is InChI=1S/C13H9BrFN3S/c1-16-13-9-3-2-8(15)5-10(9)17-12(18-13)7-4-11(14)19-6-7/h2-6H,1H3,(H,16,17,18). The molecule has 0 aliphatic rings. The number of anilines is 1. The van der Waals surface area contributed by atoms with Gasteiger partial charge in [-0.2, -0.15) is 0 Å². The maximum atomic E-state index is 13.3. The Morgan fingerprint density at radius 1 is 1.26 bits per heavy atom. The lowest BCUT2D eigenvalue weighted by molar-refractivity contribution is 0.629. The molecule has 0 aliphatic heterocycles. The van der Waals surface area contributed by atoms with Gasteiger partial charge >= 0.3 is 0 Å². The Balaban J connectivity index is 2.26. The molecular weight excluding hydrogens is 329 g/mol. The van der Waals surface area contributed by atoms with E-state index in [2.05, 4.69) is 31.2 Å². The Morgan fingerprint density at radius 2 is 2.11 bits per heavy atom. The maximum absolute atomic E-state index is 13.3. The van der Waals surface area contributed by atoms with Gasteiger partial charge in [-0.1, -0.05) is 0 Å². The van der Waals surface area contributed by atoms with Gasteiger partial charge < -0.3 is 5.32 Å². The zero-order valence-corrected chi connectivity index (χ0v) is 12.3. The van der Waals surface area contributed by atoms with Crippen LogP contribution in [0.5, 0.6) is 0 Å². The maximum Gasteiger partial charge on any atom is 0.163 e. The highest BCUT2D eigenvalue weighted by molar-refractivity contribution is 9.11. The molecule has 3 aromatic rings. The summed E-state index contributed by atoms with van der Waals surface area (Å²) < 4.78 is 14.3. The van der Waals surface area contributed by atoms with Gasteiger partial charge in [-0.3, -0.25) is 0 Å². The van der Waals surface area contributed by atoms with E-state index in [-0.39, 0.29) is 5.82 Å². The third kappa shape index (κ3) is 2.33. The van der Waals surface area contributed by atoms with Crippen LogP contribution in [0.15, 0.2) is 33.4 Å². The molecular formula is C13H9BrFN3S. The fourth-order valence-corrected chi connectivity index (χ4v) is 2.98. The minimum Gasteiger partial charge on any atom is -0.373 e. The van der Waals surface area contributed by atoms with Crippen LogP contribution in [0.2, 0.25) is 0 Å². The van der Waals surface area contributed by atoms with E-state index in [0.29, 0.717) is 17.2 Å². The number of benzene rings is 1. The molecule has 0 saturated heterocycles. The van der Waals surface area contributed by atoms with Crippen LogP contribution >= 0.6 is 27.3 Å². The van der Waals surface area contributed by atoms with Crippen molar-refractivity contribution in [3.05, 3.63) is 39.2 Å². The van der Waals surface area contributed by atoms with Crippen molar-refractivity contribution in [1.29, 1.82) is 0 Å². The average molecular weight is 338 g/mol. The third-order valence-corrected chi connectivity index (χ3v) is 4.23. The summed E-state index contributed by atoms with van der Waals surface area (Å²) >= 11 is 4.98. The van der Waals surface area contributed by atoms with E-state index in [4.69, 9.17) is 0 Å². The lowest BCUT2D eigenvalue weighted by atomic mass is 10.2. The minimum absolute atomic E-state index is 0.300. The molecule has 0 bridgehead atoms. The minimum atomic E-state index is -0.300. The van der Waals surface area contributed by atoms with Gasteiger partial charge in [-0.05, 0) is 34.1 Å². The number of thiophene rings is 1. The first-order valence-corrected chi connectivity index (χ1v) is 7.24. The van der Waals surface area contributed by atoms with Crippen molar-refractivity contribution in [2.75, 3.05) is 12.4 Å². The van der Waals surface area contributed by atoms with E-state index in [1.54, 1.807) is 24.5 Å². The molecule has 3 rings (SSSR count). The molecule has 0 aliphatic carbocycles. The molecule has 3 nitrogen and oxygen atoms in total. The smallest absolute Gasteiger partial charge is 0.163 e. The second-order valence-corrected chi connectivity index (χ2v) is 6.24. The Bertz CT molecular complexity index is 757. The number of fused-ring (bicyclic) bond motifs is 1. The van der Waals surface area contributed by atoms with Crippen LogP contribution in [0.1, 0.15) is 0 Å². The summed E-state index contributed by atoms with van der Waals surface area (Å²) in [4.78, 5) is 8.90. The predicted octanol–water partition coefficient (Wildman–Crippen LogP) is 4.30. The molecule has 1 aromatic carbocycles. The Hall–Kier alpha value is -1.53. The van der Waals surface area contributed by atoms with E-state index in [0.717, 1.165) is 14.7 Å². The highest BCUT2D eigenvalue weighted by atomic mass is 79.9. The largest absolute Gasteiger partial charge is 0.373 e. The van der Waals surface area contributed by atoms with Gasteiger partial charge in [0.15, 0.2) is 5.82 Å². The molecule has 0 spiro atoms. The van der Waals surface area contributed by atoms with Gasteiger partial charge in [0.25, 0.3) is 0 Å². The number of aromatic nitrogens is 2. The van der Waals surface area contributed by atoms with E-state index < -0.39 is 0 Å². The number of rotatable bonds is 2. The van der Waals surface area contributed by atoms with Crippen LogP contribution in [0.25, 0.3) is 22.3 Å². The van der Waals surface area contributed by atoms with Gasteiger partial charge in [-0.25, -0.2) is 14.4 Å². The molecule has 0 fully saturated rings. The predicted molar refractivity (Wildman–Crippen MR) is 80.1 cm³/mol. The number of hydrogen-bond donors (Lipinski definition) is 1. The third-order valence-electron chi connectivity index (χ3n) is 2.72. The molecule has 0 saturated carbocycles. The molecule has 0 radical (unpaired) electrons. The van der Waals surface area contributed by atoms with Crippen LogP contribution in [-0.4, -0.2) is 17.0 Å². The van der Waals surface area contributed by atoms with E-state index in [1.165, 1.54) is 12.1 Å². The molecule has 0 atom stereocenters. The fourth-order valence-electron chi connectivity index (χ4n) is 1.85. The molecule has 1 N–H and O–H groups in total. The summed E-state index contributed by atoms with van der Waals surface area (Å²) in [6, 6.07) is 6.46. The van der Waals surface area contributed by atoms with Gasteiger partial charge in [0.1, 0.15) is 11.6 Å². The lowest BCUT2D eigenvalue weighted by Crippen LogP contribution is -1.98. The van der Waals surface area contributed by atoms with Crippen molar-refractivity contribution in [3.8, 4) is 11.4 Å². The van der Waals surface area contributed by atoms with Crippen molar-refractivity contribution in [1.82, 2.24) is 9.97 Å².